The molecule has 32 heavy (non-hydrogen) atoms. The van der Waals surface area contributed by atoms with Crippen molar-refractivity contribution in [1.82, 2.24) is 9.97 Å². The number of rotatable bonds is 7. The molecule has 2 heterocycles. The molecule has 1 aliphatic heterocycles. The zero-order valence-electron chi connectivity index (χ0n) is 17.4. The summed E-state index contributed by atoms with van der Waals surface area (Å²) >= 11 is 6.36. The van der Waals surface area contributed by atoms with Gasteiger partial charge in [-0.15, -0.1) is 0 Å². The second-order valence-electron chi connectivity index (χ2n) is 7.37. The van der Waals surface area contributed by atoms with Gasteiger partial charge in [0.1, 0.15) is 5.75 Å². The largest absolute Gasteiger partial charge is 0.506 e. The molecule has 0 saturated carbocycles. The highest BCUT2D eigenvalue weighted by atomic mass is 35.5. The summed E-state index contributed by atoms with van der Waals surface area (Å²) in [4.78, 5) is 22.6. The maximum Gasteiger partial charge on any atom is 0.227 e. The van der Waals surface area contributed by atoms with Crippen LogP contribution < -0.4 is 10.2 Å². The van der Waals surface area contributed by atoms with Crippen molar-refractivity contribution < 1.29 is 14.6 Å². The lowest BCUT2D eigenvalue weighted by Crippen LogP contribution is -2.36. The van der Waals surface area contributed by atoms with Gasteiger partial charge in [-0.2, -0.15) is 0 Å². The van der Waals surface area contributed by atoms with Crippen molar-refractivity contribution >= 4 is 34.7 Å². The molecule has 3 aromatic rings. The van der Waals surface area contributed by atoms with E-state index in [0.29, 0.717) is 35.6 Å². The molecule has 7 nitrogen and oxygen atoms in total. The van der Waals surface area contributed by atoms with E-state index in [4.69, 9.17) is 16.3 Å². The third-order valence-corrected chi connectivity index (χ3v) is 5.41. The predicted molar refractivity (Wildman–Crippen MR) is 126 cm³/mol. The van der Waals surface area contributed by atoms with Crippen molar-refractivity contribution in [3.05, 3.63) is 71.9 Å². The van der Waals surface area contributed by atoms with E-state index >= 15 is 0 Å². The molecule has 0 atom stereocenters. The molecule has 0 aliphatic carbocycles. The number of aromatic nitrogens is 2. The van der Waals surface area contributed by atoms with E-state index < -0.39 is 0 Å². The monoisotopic (exact) mass is 450 g/mol. The Balaban J connectivity index is 1.56. The van der Waals surface area contributed by atoms with Crippen LogP contribution in [0.1, 0.15) is 5.56 Å². The van der Waals surface area contributed by atoms with Gasteiger partial charge in [-0.25, -0.2) is 9.97 Å². The van der Waals surface area contributed by atoms with Crippen LogP contribution in [-0.2, 0) is 16.0 Å². The van der Waals surface area contributed by atoms with Crippen LogP contribution in [0.4, 0.5) is 17.3 Å². The molecule has 2 aromatic carbocycles. The lowest BCUT2D eigenvalue weighted by atomic mass is 10.0. The normalized spacial score (nSPS) is 13.6. The Morgan fingerprint density at radius 2 is 2.06 bits per heavy atom. The van der Waals surface area contributed by atoms with Crippen molar-refractivity contribution in [3.8, 4) is 17.0 Å². The quantitative estimate of drug-likeness (QED) is 0.516. The number of nitrogens with zero attached hydrogens (tertiary/aromatic N) is 3. The average Bonchev–Trinajstić information content (AvgIpc) is 2.81. The molecular weight excluding hydrogens is 428 g/mol. The maximum atomic E-state index is 11.7. The molecule has 1 saturated heterocycles. The summed E-state index contributed by atoms with van der Waals surface area (Å²) < 4.78 is 5.37. The van der Waals surface area contributed by atoms with Gasteiger partial charge in [0.05, 0.1) is 35.8 Å². The number of ether oxygens (including phenoxy) is 1. The topological polar surface area (TPSA) is 87.6 Å². The van der Waals surface area contributed by atoms with Crippen molar-refractivity contribution in [3.63, 3.8) is 0 Å². The minimum Gasteiger partial charge on any atom is -0.506 e. The fourth-order valence-corrected chi connectivity index (χ4v) is 3.73. The first-order valence-electron chi connectivity index (χ1n) is 10.2. The molecule has 0 spiro atoms. The van der Waals surface area contributed by atoms with Gasteiger partial charge in [-0.1, -0.05) is 36.4 Å². The molecule has 8 heteroatoms. The fraction of sp³-hybridized carbons (Fsp3) is 0.208. The van der Waals surface area contributed by atoms with Crippen LogP contribution in [-0.4, -0.2) is 47.2 Å². The number of benzene rings is 2. The van der Waals surface area contributed by atoms with Gasteiger partial charge in [0, 0.05) is 36.8 Å². The summed E-state index contributed by atoms with van der Waals surface area (Å²) in [6.45, 7) is 6.28. The lowest BCUT2D eigenvalue weighted by molar-refractivity contribution is -0.114. The molecule has 0 amide bonds. The highest BCUT2D eigenvalue weighted by Crippen LogP contribution is 2.32. The molecule has 0 radical (unpaired) electrons. The van der Waals surface area contributed by atoms with E-state index in [-0.39, 0.29) is 18.0 Å². The summed E-state index contributed by atoms with van der Waals surface area (Å²) in [7, 11) is 0. The van der Waals surface area contributed by atoms with Crippen LogP contribution in [0, 0.1) is 0 Å². The van der Waals surface area contributed by atoms with Gasteiger partial charge >= 0.3 is 0 Å². The Labute approximate surface area is 191 Å². The third-order valence-electron chi connectivity index (χ3n) is 5.13. The average molecular weight is 451 g/mol. The number of hydrogen-bond donors (Lipinski definition) is 2. The molecule has 1 aromatic heterocycles. The van der Waals surface area contributed by atoms with Gasteiger partial charge in [-0.3, -0.25) is 4.79 Å². The molecule has 1 aliphatic rings. The van der Waals surface area contributed by atoms with E-state index in [1.807, 2.05) is 36.4 Å². The minimum absolute atomic E-state index is 0.0568. The molecule has 0 bridgehead atoms. The molecule has 4 rings (SSSR count). The van der Waals surface area contributed by atoms with E-state index in [9.17, 15) is 9.90 Å². The van der Waals surface area contributed by atoms with Gasteiger partial charge < -0.3 is 20.1 Å². The Kier molecular flexibility index (Phi) is 6.68. The number of hydrogen-bond acceptors (Lipinski definition) is 7. The number of anilines is 3. The first-order chi connectivity index (χ1) is 15.5. The Morgan fingerprint density at radius 3 is 2.81 bits per heavy atom. The summed E-state index contributed by atoms with van der Waals surface area (Å²) in [5.74, 6) is 0.458. The first-order valence-corrected chi connectivity index (χ1v) is 10.6. The third kappa shape index (κ3) is 5.07. The van der Waals surface area contributed by atoms with E-state index in [1.54, 1.807) is 6.07 Å². The summed E-state index contributed by atoms with van der Waals surface area (Å²) in [5, 5.41) is 14.0. The number of aromatic hydroxyl groups is 1. The number of phenolic OH excluding ortho intramolecular Hbond substituents is 1. The number of carbonyl (C=O) groups excluding carboxylic acids is 1. The SMILES string of the molecule is C=CC(=O)Cc1cccc(-c2nc(Nc3ccc(N4CCOCC4)c(O)c3)ncc2Cl)c1. The zero-order chi connectivity index (χ0) is 22.5. The van der Waals surface area contributed by atoms with E-state index in [0.717, 1.165) is 29.9 Å². The minimum atomic E-state index is -0.0568. The predicted octanol–water partition coefficient (Wildman–Crippen LogP) is 4.38. The number of morpholine rings is 1. The Morgan fingerprint density at radius 1 is 1.25 bits per heavy atom. The summed E-state index contributed by atoms with van der Waals surface area (Å²) in [6, 6.07) is 12.9. The standard InChI is InChI=1S/C24H23ClN4O3/c1-2-19(30)13-16-4-3-5-17(12-16)23-20(25)15-26-24(28-23)27-18-6-7-21(22(31)14-18)29-8-10-32-11-9-29/h2-7,12,14-15,31H,1,8-11,13H2,(H,26,27,28). The summed E-state index contributed by atoms with van der Waals surface area (Å²) in [5.41, 5.74) is 3.59. The van der Waals surface area contributed by atoms with E-state index in [2.05, 4.69) is 26.8 Å². The fourth-order valence-electron chi connectivity index (χ4n) is 3.53. The van der Waals surface area contributed by atoms with Crippen LogP contribution >= 0.6 is 11.6 Å². The van der Waals surface area contributed by atoms with Crippen molar-refractivity contribution in [1.29, 1.82) is 0 Å². The number of ketones is 1. The second kappa shape index (κ2) is 9.80. The second-order valence-corrected chi connectivity index (χ2v) is 7.77. The van der Waals surface area contributed by atoms with Gasteiger partial charge in [0.25, 0.3) is 0 Å². The Hall–Kier alpha value is -3.42. The molecule has 2 N–H and O–H groups in total. The van der Waals surface area contributed by atoms with Crippen molar-refractivity contribution in [2.24, 2.45) is 0 Å². The molecule has 1 fully saturated rings. The highest BCUT2D eigenvalue weighted by Gasteiger charge is 2.16. The number of nitrogens with one attached hydrogen (secondary N) is 1. The van der Waals surface area contributed by atoms with Crippen LogP contribution in [0.2, 0.25) is 5.02 Å². The van der Waals surface area contributed by atoms with Gasteiger partial charge in [0.15, 0.2) is 5.78 Å². The Bertz CT molecular complexity index is 1150. The number of allylic oxidation sites excluding steroid dienone is 1. The maximum absolute atomic E-state index is 11.7. The van der Waals surface area contributed by atoms with Crippen LogP contribution in [0.25, 0.3) is 11.3 Å². The lowest BCUT2D eigenvalue weighted by Gasteiger charge is -2.29. The molecular formula is C24H23ClN4O3. The number of halogens is 1. The highest BCUT2D eigenvalue weighted by molar-refractivity contribution is 6.32. The first kappa shape index (κ1) is 21.8. The van der Waals surface area contributed by atoms with Crippen LogP contribution in [0.15, 0.2) is 61.3 Å². The number of phenols is 1. The van der Waals surface area contributed by atoms with E-state index in [1.165, 1.54) is 12.3 Å². The molecule has 0 unspecified atom stereocenters. The smallest absolute Gasteiger partial charge is 0.227 e. The van der Waals surface area contributed by atoms with Crippen LogP contribution in [0.5, 0.6) is 5.75 Å². The summed E-state index contributed by atoms with van der Waals surface area (Å²) in [6.07, 6.45) is 3.10. The van der Waals surface area contributed by atoms with Gasteiger partial charge in [0.2, 0.25) is 5.95 Å². The van der Waals surface area contributed by atoms with Crippen LogP contribution in [0.3, 0.4) is 0 Å². The van der Waals surface area contributed by atoms with Crippen molar-refractivity contribution in [2.45, 2.75) is 6.42 Å². The molecule has 164 valence electrons. The van der Waals surface area contributed by atoms with Crippen molar-refractivity contribution in [2.75, 3.05) is 36.5 Å². The zero-order valence-corrected chi connectivity index (χ0v) is 18.2. The van der Waals surface area contributed by atoms with Gasteiger partial charge in [-0.05, 0) is 29.8 Å². The number of carbonyl (C=O) groups is 1.